The van der Waals surface area contributed by atoms with Crippen molar-refractivity contribution in [3.63, 3.8) is 0 Å². The molecule has 0 aliphatic rings. The Labute approximate surface area is 152 Å². The molecule has 2 aromatic rings. The molecule has 0 spiro atoms. The Morgan fingerprint density at radius 1 is 0.960 bits per heavy atom. The van der Waals surface area contributed by atoms with Gasteiger partial charge in [-0.1, -0.05) is 32.0 Å². The minimum absolute atomic E-state index is 0.788. The smallest absolute Gasteiger partial charge is 0.125 e. The lowest BCUT2D eigenvalue weighted by Gasteiger charge is -2.15. The molecule has 1 aromatic carbocycles. The molecular formula is C22H31NO2. The fourth-order valence-electron chi connectivity index (χ4n) is 3.22. The molecule has 0 radical (unpaired) electrons. The number of aryl methyl sites for hydroxylation is 3. The van der Waals surface area contributed by atoms with Crippen molar-refractivity contribution >= 4 is 0 Å². The van der Waals surface area contributed by atoms with Crippen molar-refractivity contribution in [2.75, 3.05) is 20.3 Å². The van der Waals surface area contributed by atoms with E-state index in [-0.39, 0.29) is 0 Å². The summed E-state index contributed by atoms with van der Waals surface area (Å²) in [7, 11) is 1.75. The Morgan fingerprint density at radius 2 is 1.68 bits per heavy atom. The molecule has 136 valence electrons. The van der Waals surface area contributed by atoms with E-state index >= 15 is 0 Å². The first-order valence-electron chi connectivity index (χ1n) is 9.46. The minimum Gasteiger partial charge on any atom is -0.496 e. The first-order valence-corrected chi connectivity index (χ1v) is 9.46. The van der Waals surface area contributed by atoms with Crippen LogP contribution in [0.15, 0.2) is 30.5 Å². The van der Waals surface area contributed by atoms with Crippen molar-refractivity contribution in [2.45, 2.75) is 52.9 Å². The van der Waals surface area contributed by atoms with Gasteiger partial charge in [0.2, 0.25) is 0 Å². The van der Waals surface area contributed by atoms with Crippen LogP contribution in [0.1, 0.15) is 50.3 Å². The minimum atomic E-state index is 0.788. The molecule has 0 atom stereocenters. The average Bonchev–Trinajstić information content (AvgIpc) is 2.67. The molecule has 0 saturated heterocycles. The second-order valence-corrected chi connectivity index (χ2v) is 6.19. The maximum Gasteiger partial charge on any atom is 0.125 e. The SMILES string of the molecule is CCOCCCCc1cnc(-c2c(CC)cccc2CC)cc1OC. The van der Waals surface area contributed by atoms with Gasteiger partial charge in [-0.3, -0.25) is 4.98 Å². The van der Waals surface area contributed by atoms with Crippen LogP contribution in [0.4, 0.5) is 0 Å². The molecule has 3 heteroatoms. The molecular weight excluding hydrogens is 310 g/mol. The highest BCUT2D eigenvalue weighted by molar-refractivity contribution is 5.69. The predicted molar refractivity (Wildman–Crippen MR) is 104 cm³/mol. The van der Waals surface area contributed by atoms with Gasteiger partial charge >= 0.3 is 0 Å². The maximum atomic E-state index is 5.66. The van der Waals surface area contributed by atoms with E-state index in [1.165, 1.54) is 22.3 Å². The number of hydrogen-bond acceptors (Lipinski definition) is 3. The van der Waals surface area contributed by atoms with E-state index in [9.17, 15) is 0 Å². The molecule has 2 rings (SSSR count). The summed E-state index contributed by atoms with van der Waals surface area (Å²) in [6.07, 6.45) is 7.12. The van der Waals surface area contributed by atoms with E-state index in [4.69, 9.17) is 14.5 Å². The van der Waals surface area contributed by atoms with Crippen LogP contribution in [0.2, 0.25) is 0 Å². The molecule has 1 aromatic heterocycles. The quantitative estimate of drug-likeness (QED) is 0.554. The average molecular weight is 341 g/mol. The number of pyridine rings is 1. The van der Waals surface area contributed by atoms with Gasteiger partial charge in [0, 0.05) is 36.6 Å². The summed E-state index contributed by atoms with van der Waals surface area (Å²) in [6, 6.07) is 8.64. The van der Waals surface area contributed by atoms with E-state index in [2.05, 4.69) is 38.1 Å². The maximum absolute atomic E-state index is 5.66. The molecule has 0 saturated carbocycles. The van der Waals surface area contributed by atoms with Gasteiger partial charge < -0.3 is 9.47 Å². The summed E-state index contributed by atoms with van der Waals surface area (Å²) in [4.78, 5) is 4.78. The largest absolute Gasteiger partial charge is 0.496 e. The van der Waals surface area contributed by atoms with E-state index in [1.807, 2.05) is 13.1 Å². The summed E-state index contributed by atoms with van der Waals surface area (Å²) >= 11 is 0. The number of methoxy groups -OCH3 is 1. The van der Waals surface area contributed by atoms with Crippen LogP contribution in [0, 0.1) is 0 Å². The van der Waals surface area contributed by atoms with Crippen molar-refractivity contribution in [3.8, 4) is 17.0 Å². The number of aromatic nitrogens is 1. The Bertz CT molecular complexity index is 645. The zero-order valence-corrected chi connectivity index (χ0v) is 16.1. The fraction of sp³-hybridized carbons (Fsp3) is 0.500. The third-order valence-corrected chi connectivity index (χ3v) is 4.61. The number of nitrogens with zero attached hydrogens (tertiary/aromatic N) is 1. The van der Waals surface area contributed by atoms with E-state index < -0.39 is 0 Å². The Morgan fingerprint density at radius 3 is 2.28 bits per heavy atom. The summed E-state index contributed by atoms with van der Waals surface area (Å²) < 4.78 is 11.1. The fourth-order valence-corrected chi connectivity index (χ4v) is 3.22. The van der Waals surface area contributed by atoms with Gasteiger partial charge in [0.1, 0.15) is 5.75 Å². The van der Waals surface area contributed by atoms with E-state index in [0.29, 0.717) is 0 Å². The second kappa shape index (κ2) is 10.2. The molecule has 0 unspecified atom stereocenters. The third kappa shape index (κ3) is 5.05. The van der Waals surface area contributed by atoms with Gasteiger partial charge in [-0.25, -0.2) is 0 Å². The number of hydrogen-bond donors (Lipinski definition) is 0. The van der Waals surface area contributed by atoms with Crippen LogP contribution in [0.3, 0.4) is 0 Å². The lowest BCUT2D eigenvalue weighted by Crippen LogP contribution is -2.00. The van der Waals surface area contributed by atoms with E-state index in [1.54, 1.807) is 7.11 Å². The van der Waals surface area contributed by atoms with Gasteiger partial charge in [-0.2, -0.15) is 0 Å². The number of benzene rings is 1. The number of ether oxygens (including phenoxy) is 2. The van der Waals surface area contributed by atoms with Crippen LogP contribution in [0.25, 0.3) is 11.3 Å². The third-order valence-electron chi connectivity index (χ3n) is 4.61. The summed E-state index contributed by atoms with van der Waals surface area (Å²) in [5.41, 5.74) is 6.16. The molecule has 0 N–H and O–H groups in total. The van der Waals surface area contributed by atoms with Crippen LogP contribution in [-0.2, 0) is 24.0 Å². The highest BCUT2D eigenvalue weighted by Crippen LogP contribution is 2.31. The molecule has 0 amide bonds. The van der Waals surface area contributed by atoms with Crippen LogP contribution >= 0.6 is 0 Å². The first-order chi connectivity index (χ1) is 12.2. The molecule has 0 aliphatic heterocycles. The van der Waals surface area contributed by atoms with Crippen molar-refractivity contribution < 1.29 is 9.47 Å². The Hall–Kier alpha value is -1.87. The molecule has 3 nitrogen and oxygen atoms in total. The highest BCUT2D eigenvalue weighted by atomic mass is 16.5. The van der Waals surface area contributed by atoms with Gasteiger partial charge in [-0.15, -0.1) is 0 Å². The van der Waals surface area contributed by atoms with Crippen molar-refractivity contribution in [1.82, 2.24) is 4.98 Å². The second-order valence-electron chi connectivity index (χ2n) is 6.19. The number of rotatable bonds is 10. The molecule has 0 fully saturated rings. The predicted octanol–water partition coefficient (Wildman–Crippen LogP) is 5.24. The summed E-state index contributed by atoms with van der Waals surface area (Å²) in [5.74, 6) is 0.939. The Kier molecular flexibility index (Phi) is 7.93. The van der Waals surface area contributed by atoms with Crippen molar-refractivity contribution in [2.24, 2.45) is 0 Å². The zero-order valence-electron chi connectivity index (χ0n) is 16.1. The lowest BCUT2D eigenvalue weighted by molar-refractivity contribution is 0.143. The topological polar surface area (TPSA) is 31.4 Å². The van der Waals surface area contributed by atoms with Crippen molar-refractivity contribution in [3.05, 3.63) is 47.2 Å². The standard InChI is InChI=1S/C22H31NO2/c1-5-17-12-10-13-18(6-2)22(17)20-15-21(24-4)19(16-23-20)11-8-9-14-25-7-3/h10,12-13,15-16H,5-9,11,14H2,1-4H3. The lowest BCUT2D eigenvalue weighted by atomic mass is 9.94. The monoisotopic (exact) mass is 341 g/mol. The zero-order chi connectivity index (χ0) is 18.1. The molecule has 0 aliphatic carbocycles. The van der Waals surface area contributed by atoms with Gasteiger partial charge in [-0.05, 0) is 50.2 Å². The molecule has 25 heavy (non-hydrogen) atoms. The molecule has 0 bridgehead atoms. The number of unbranched alkanes of at least 4 members (excludes halogenated alkanes) is 1. The van der Waals surface area contributed by atoms with Gasteiger partial charge in [0.05, 0.1) is 12.8 Å². The normalized spacial score (nSPS) is 10.9. The van der Waals surface area contributed by atoms with Crippen molar-refractivity contribution in [1.29, 1.82) is 0 Å². The van der Waals surface area contributed by atoms with Gasteiger partial charge in [0.25, 0.3) is 0 Å². The summed E-state index contributed by atoms with van der Waals surface area (Å²) in [6.45, 7) is 8.04. The van der Waals surface area contributed by atoms with E-state index in [0.717, 1.165) is 56.8 Å². The highest BCUT2D eigenvalue weighted by Gasteiger charge is 2.13. The molecule has 1 heterocycles. The summed E-state index contributed by atoms with van der Waals surface area (Å²) in [5, 5.41) is 0. The van der Waals surface area contributed by atoms with Crippen LogP contribution in [-0.4, -0.2) is 25.3 Å². The van der Waals surface area contributed by atoms with Crippen LogP contribution < -0.4 is 4.74 Å². The van der Waals surface area contributed by atoms with Crippen LogP contribution in [0.5, 0.6) is 5.75 Å². The Balaban J connectivity index is 2.24. The first kappa shape index (κ1) is 19.5. The van der Waals surface area contributed by atoms with Gasteiger partial charge in [0.15, 0.2) is 0 Å².